The largest absolute Gasteiger partial charge is 0.493 e. The van der Waals surface area contributed by atoms with Crippen molar-refractivity contribution in [3.05, 3.63) is 29.3 Å². The van der Waals surface area contributed by atoms with Crippen LogP contribution >= 0.6 is 0 Å². The van der Waals surface area contributed by atoms with Crippen LogP contribution in [0.4, 0.5) is 8.78 Å². The number of likely N-dealkylation sites (N-methyl/N-ethyl adjacent to an activating group) is 1. The highest BCUT2D eigenvalue weighted by atomic mass is 19.2. The summed E-state index contributed by atoms with van der Waals surface area (Å²) in [4.78, 5) is 0. The molecule has 0 radical (unpaired) electrons. The lowest BCUT2D eigenvalue weighted by atomic mass is 10.1. The minimum absolute atomic E-state index is 0.0299. The predicted molar refractivity (Wildman–Crippen MR) is 57.7 cm³/mol. The molecule has 2 atom stereocenters. The fourth-order valence-corrected chi connectivity index (χ4v) is 2.01. The number of hydrogen-bond acceptors (Lipinski definition) is 2. The standard InChI is InChI=1S/C12H15F2NO/c1-3-16-10-5-4-8(13)12(14)11(10)7-6-9(7)15-2/h4-5,7,9,15H,3,6H2,1-2H3. The minimum Gasteiger partial charge on any atom is -0.493 e. The Morgan fingerprint density at radius 2 is 2.19 bits per heavy atom. The highest BCUT2D eigenvalue weighted by molar-refractivity contribution is 5.42. The molecule has 0 aliphatic heterocycles. The number of benzene rings is 1. The number of rotatable bonds is 4. The Hall–Kier alpha value is -1.16. The number of halogens is 2. The summed E-state index contributed by atoms with van der Waals surface area (Å²) in [5.41, 5.74) is 0.376. The molecule has 88 valence electrons. The second-order valence-corrected chi connectivity index (χ2v) is 3.94. The summed E-state index contributed by atoms with van der Waals surface area (Å²) in [6, 6.07) is 2.85. The zero-order chi connectivity index (χ0) is 11.7. The van der Waals surface area contributed by atoms with Gasteiger partial charge in [-0.1, -0.05) is 0 Å². The average Bonchev–Trinajstić information content (AvgIpc) is 3.03. The minimum atomic E-state index is -0.805. The maximum atomic E-state index is 13.7. The summed E-state index contributed by atoms with van der Waals surface area (Å²) >= 11 is 0. The first-order valence-electron chi connectivity index (χ1n) is 5.47. The van der Waals surface area contributed by atoms with Gasteiger partial charge in [0.25, 0.3) is 0 Å². The van der Waals surface area contributed by atoms with Crippen LogP contribution in [0.5, 0.6) is 5.75 Å². The lowest BCUT2D eigenvalue weighted by Crippen LogP contribution is -2.12. The Kier molecular flexibility index (Phi) is 3.10. The molecule has 0 saturated heterocycles. The number of hydrogen-bond donors (Lipinski definition) is 1. The highest BCUT2D eigenvalue weighted by Gasteiger charge is 2.41. The van der Waals surface area contributed by atoms with Crippen LogP contribution in [0.15, 0.2) is 12.1 Å². The average molecular weight is 227 g/mol. The molecule has 2 rings (SSSR count). The topological polar surface area (TPSA) is 21.3 Å². The maximum Gasteiger partial charge on any atom is 0.166 e. The zero-order valence-corrected chi connectivity index (χ0v) is 9.39. The zero-order valence-electron chi connectivity index (χ0n) is 9.39. The third-order valence-electron chi connectivity index (χ3n) is 2.92. The summed E-state index contributed by atoms with van der Waals surface area (Å²) in [5, 5.41) is 3.06. The van der Waals surface area contributed by atoms with E-state index in [1.165, 1.54) is 6.07 Å². The summed E-state index contributed by atoms with van der Waals surface area (Å²) in [5.74, 6) is -1.08. The van der Waals surface area contributed by atoms with Crippen LogP contribution in [0.2, 0.25) is 0 Å². The van der Waals surface area contributed by atoms with Crippen molar-refractivity contribution in [2.75, 3.05) is 13.7 Å². The van der Waals surface area contributed by atoms with Gasteiger partial charge in [0.05, 0.1) is 6.61 Å². The first-order valence-corrected chi connectivity index (χ1v) is 5.47. The molecular formula is C12H15F2NO. The quantitative estimate of drug-likeness (QED) is 0.853. The third-order valence-corrected chi connectivity index (χ3v) is 2.92. The number of ether oxygens (including phenoxy) is 1. The first-order chi connectivity index (χ1) is 7.69. The van der Waals surface area contributed by atoms with E-state index in [4.69, 9.17) is 4.74 Å². The molecule has 1 fully saturated rings. The van der Waals surface area contributed by atoms with Crippen LogP contribution in [0.1, 0.15) is 24.8 Å². The van der Waals surface area contributed by atoms with E-state index in [9.17, 15) is 8.78 Å². The van der Waals surface area contributed by atoms with Gasteiger partial charge in [-0.15, -0.1) is 0 Å². The van der Waals surface area contributed by atoms with E-state index in [1.807, 2.05) is 14.0 Å². The molecule has 1 aliphatic carbocycles. The van der Waals surface area contributed by atoms with Crippen LogP contribution in [0.3, 0.4) is 0 Å². The van der Waals surface area contributed by atoms with Gasteiger partial charge >= 0.3 is 0 Å². The normalized spacial score (nSPS) is 23.2. The second-order valence-electron chi connectivity index (χ2n) is 3.94. The van der Waals surface area contributed by atoms with E-state index in [0.29, 0.717) is 17.9 Å². The molecule has 1 aliphatic rings. The molecule has 1 aromatic rings. The first kappa shape index (κ1) is 11.3. The molecule has 0 amide bonds. The van der Waals surface area contributed by atoms with E-state index in [1.54, 1.807) is 0 Å². The van der Waals surface area contributed by atoms with Gasteiger partial charge in [0.1, 0.15) is 5.75 Å². The van der Waals surface area contributed by atoms with Crippen molar-refractivity contribution in [3.63, 3.8) is 0 Å². The summed E-state index contributed by atoms with van der Waals surface area (Å²) in [7, 11) is 1.82. The van der Waals surface area contributed by atoms with Crippen molar-refractivity contribution in [1.82, 2.24) is 5.32 Å². The third kappa shape index (κ3) is 1.89. The van der Waals surface area contributed by atoms with E-state index >= 15 is 0 Å². The molecule has 0 aromatic heterocycles. The Bertz CT molecular complexity index is 395. The van der Waals surface area contributed by atoms with Gasteiger partial charge in [0.2, 0.25) is 0 Å². The number of nitrogens with one attached hydrogen (secondary N) is 1. The summed E-state index contributed by atoms with van der Waals surface area (Å²) < 4.78 is 32.2. The van der Waals surface area contributed by atoms with Crippen LogP contribution in [0.25, 0.3) is 0 Å². The summed E-state index contributed by atoms with van der Waals surface area (Å²) in [6.07, 6.45) is 0.830. The van der Waals surface area contributed by atoms with Crippen molar-refractivity contribution in [2.24, 2.45) is 0 Å². The molecule has 1 aromatic carbocycles. The predicted octanol–water partition coefficient (Wildman–Crippen LogP) is 2.44. The molecule has 0 heterocycles. The molecule has 2 nitrogen and oxygen atoms in total. The Morgan fingerprint density at radius 1 is 1.44 bits per heavy atom. The van der Waals surface area contributed by atoms with E-state index < -0.39 is 11.6 Å². The van der Waals surface area contributed by atoms with Gasteiger partial charge in [-0.3, -0.25) is 0 Å². The molecule has 0 spiro atoms. The van der Waals surface area contributed by atoms with Crippen molar-refractivity contribution < 1.29 is 13.5 Å². The van der Waals surface area contributed by atoms with Crippen molar-refractivity contribution in [1.29, 1.82) is 0 Å². The van der Waals surface area contributed by atoms with E-state index in [2.05, 4.69) is 5.32 Å². The van der Waals surface area contributed by atoms with Gasteiger partial charge in [0, 0.05) is 17.5 Å². The molecule has 16 heavy (non-hydrogen) atoms. The van der Waals surface area contributed by atoms with Crippen molar-refractivity contribution >= 4 is 0 Å². The molecule has 2 unspecified atom stereocenters. The lowest BCUT2D eigenvalue weighted by molar-refractivity contribution is 0.331. The lowest BCUT2D eigenvalue weighted by Gasteiger charge is -2.11. The fourth-order valence-electron chi connectivity index (χ4n) is 2.01. The molecular weight excluding hydrogens is 212 g/mol. The van der Waals surface area contributed by atoms with Gasteiger partial charge in [-0.05, 0) is 32.5 Å². The second kappa shape index (κ2) is 4.37. The van der Waals surface area contributed by atoms with Crippen LogP contribution in [-0.4, -0.2) is 19.7 Å². The van der Waals surface area contributed by atoms with E-state index in [-0.39, 0.29) is 12.0 Å². The molecule has 1 saturated carbocycles. The Labute approximate surface area is 93.6 Å². The fraction of sp³-hybridized carbons (Fsp3) is 0.500. The molecule has 4 heteroatoms. The summed E-state index contributed by atoms with van der Waals surface area (Å²) in [6.45, 7) is 2.28. The highest BCUT2D eigenvalue weighted by Crippen LogP contribution is 2.46. The van der Waals surface area contributed by atoms with Crippen molar-refractivity contribution in [3.8, 4) is 5.75 Å². The monoisotopic (exact) mass is 227 g/mol. The van der Waals surface area contributed by atoms with Gasteiger partial charge in [0.15, 0.2) is 11.6 Å². The Balaban J connectivity index is 2.36. The SMILES string of the molecule is CCOc1ccc(F)c(F)c1C1CC1NC. The van der Waals surface area contributed by atoms with Crippen LogP contribution in [0, 0.1) is 11.6 Å². The molecule has 0 bridgehead atoms. The van der Waals surface area contributed by atoms with Crippen LogP contribution < -0.4 is 10.1 Å². The van der Waals surface area contributed by atoms with Crippen LogP contribution in [-0.2, 0) is 0 Å². The Morgan fingerprint density at radius 3 is 2.75 bits per heavy atom. The smallest absolute Gasteiger partial charge is 0.166 e. The van der Waals surface area contributed by atoms with Gasteiger partial charge in [-0.2, -0.15) is 0 Å². The van der Waals surface area contributed by atoms with Gasteiger partial charge < -0.3 is 10.1 Å². The van der Waals surface area contributed by atoms with Gasteiger partial charge in [-0.25, -0.2) is 8.78 Å². The van der Waals surface area contributed by atoms with Crippen molar-refractivity contribution in [2.45, 2.75) is 25.3 Å². The maximum absolute atomic E-state index is 13.7. The van der Waals surface area contributed by atoms with E-state index in [0.717, 1.165) is 12.5 Å². The molecule has 1 N–H and O–H groups in total.